The van der Waals surface area contributed by atoms with Gasteiger partial charge in [-0.1, -0.05) is 6.07 Å². The number of hydrogen-bond acceptors (Lipinski definition) is 4. The van der Waals surface area contributed by atoms with Crippen molar-refractivity contribution < 1.29 is 10.0 Å². The van der Waals surface area contributed by atoms with Crippen LogP contribution >= 0.6 is 0 Å². The van der Waals surface area contributed by atoms with Gasteiger partial charge in [0.1, 0.15) is 0 Å². The highest BCUT2D eigenvalue weighted by Crippen LogP contribution is 2.26. The molecular weight excluding hydrogens is 184 g/mol. The maximum atomic E-state index is 10.7. The van der Waals surface area contributed by atoms with E-state index in [9.17, 15) is 15.2 Å². The fraction of sp³-hybridized carbons (Fsp3) is 0.444. The minimum atomic E-state index is -1.42. The lowest BCUT2D eigenvalue weighted by molar-refractivity contribution is -0.575. The Hall–Kier alpha value is -1.49. The standard InChI is InChI=1S/C9H12N2O3/c1-9(2,11(13)14)8(12)7-5-3-4-6-10-7/h3-6,8,12H,1-2H3. The number of nitrogens with zero attached hydrogens (tertiary/aromatic N) is 2. The molecule has 5 heteroatoms. The van der Waals surface area contributed by atoms with Crippen LogP contribution < -0.4 is 0 Å². The highest BCUT2D eigenvalue weighted by molar-refractivity contribution is 5.09. The van der Waals surface area contributed by atoms with Crippen LogP contribution in [0.15, 0.2) is 24.4 Å². The first-order chi connectivity index (χ1) is 6.46. The Labute approximate surface area is 81.6 Å². The van der Waals surface area contributed by atoms with Crippen LogP contribution in [-0.4, -0.2) is 20.6 Å². The zero-order chi connectivity index (χ0) is 10.8. The molecule has 0 fully saturated rings. The summed E-state index contributed by atoms with van der Waals surface area (Å²) in [6.45, 7) is 2.73. The molecule has 1 unspecified atom stereocenters. The van der Waals surface area contributed by atoms with Crippen molar-refractivity contribution in [2.24, 2.45) is 0 Å². The molecule has 0 radical (unpaired) electrons. The third kappa shape index (κ3) is 1.88. The second-order valence-corrected chi connectivity index (χ2v) is 3.57. The van der Waals surface area contributed by atoms with Crippen LogP contribution in [0.5, 0.6) is 0 Å². The maximum absolute atomic E-state index is 10.7. The van der Waals surface area contributed by atoms with E-state index in [1.165, 1.54) is 20.0 Å². The van der Waals surface area contributed by atoms with Crippen molar-refractivity contribution in [3.63, 3.8) is 0 Å². The summed E-state index contributed by atoms with van der Waals surface area (Å²) in [4.78, 5) is 14.0. The van der Waals surface area contributed by atoms with E-state index < -0.39 is 16.6 Å². The fourth-order valence-electron chi connectivity index (χ4n) is 0.999. The molecule has 14 heavy (non-hydrogen) atoms. The number of hydrogen-bond donors (Lipinski definition) is 1. The second-order valence-electron chi connectivity index (χ2n) is 3.57. The lowest BCUT2D eigenvalue weighted by Gasteiger charge is -2.21. The van der Waals surface area contributed by atoms with Crippen molar-refractivity contribution in [1.82, 2.24) is 4.98 Å². The van der Waals surface area contributed by atoms with Crippen LogP contribution in [0.25, 0.3) is 0 Å². The Balaban J connectivity index is 2.96. The molecule has 1 atom stereocenters. The topological polar surface area (TPSA) is 76.3 Å². The van der Waals surface area contributed by atoms with Gasteiger partial charge in [-0.3, -0.25) is 15.1 Å². The van der Waals surface area contributed by atoms with Gasteiger partial charge in [-0.15, -0.1) is 0 Å². The molecular formula is C9H12N2O3. The number of rotatable bonds is 3. The van der Waals surface area contributed by atoms with Crippen molar-refractivity contribution >= 4 is 0 Å². The molecule has 5 nitrogen and oxygen atoms in total. The molecule has 0 bridgehead atoms. The van der Waals surface area contributed by atoms with E-state index in [-0.39, 0.29) is 0 Å². The Bertz CT molecular complexity index is 324. The molecule has 0 aliphatic rings. The summed E-state index contributed by atoms with van der Waals surface area (Å²) in [7, 11) is 0. The van der Waals surface area contributed by atoms with Gasteiger partial charge < -0.3 is 5.11 Å². The SMILES string of the molecule is CC(C)(C(O)c1ccccn1)[N+](=O)[O-]. The van der Waals surface area contributed by atoms with Crippen LogP contribution in [-0.2, 0) is 0 Å². The quantitative estimate of drug-likeness (QED) is 0.581. The van der Waals surface area contributed by atoms with Gasteiger partial charge in [0.05, 0.1) is 5.69 Å². The summed E-state index contributed by atoms with van der Waals surface area (Å²) in [5, 5.41) is 20.4. The molecule has 76 valence electrons. The van der Waals surface area contributed by atoms with E-state index in [0.29, 0.717) is 5.69 Å². The first-order valence-electron chi connectivity index (χ1n) is 4.19. The molecule has 0 aromatic carbocycles. The predicted molar refractivity (Wildman–Crippen MR) is 50.3 cm³/mol. The summed E-state index contributed by atoms with van der Waals surface area (Å²) in [6, 6.07) is 4.94. The van der Waals surface area contributed by atoms with E-state index in [1.807, 2.05) is 0 Å². The summed E-state index contributed by atoms with van der Waals surface area (Å²) < 4.78 is 0. The van der Waals surface area contributed by atoms with Crippen molar-refractivity contribution in [3.05, 3.63) is 40.2 Å². The lowest BCUT2D eigenvalue weighted by atomic mass is 9.95. The van der Waals surface area contributed by atoms with Gasteiger partial charge in [0.15, 0.2) is 6.10 Å². The van der Waals surface area contributed by atoms with E-state index in [4.69, 9.17) is 0 Å². The van der Waals surface area contributed by atoms with E-state index in [2.05, 4.69) is 4.98 Å². The number of pyridine rings is 1. The van der Waals surface area contributed by atoms with Gasteiger partial charge >= 0.3 is 0 Å². The van der Waals surface area contributed by atoms with Crippen LogP contribution in [0.1, 0.15) is 25.6 Å². The number of aliphatic hydroxyl groups is 1. The van der Waals surface area contributed by atoms with E-state index in [1.54, 1.807) is 18.2 Å². The number of aliphatic hydroxyl groups excluding tert-OH is 1. The molecule has 1 N–H and O–H groups in total. The van der Waals surface area contributed by atoms with Crippen LogP contribution in [0, 0.1) is 10.1 Å². The summed E-state index contributed by atoms with van der Waals surface area (Å²) in [6.07, 6.45) is 0.299. The Morgan fingerprint density at radius 1 is 1.57 bits per heavy atom. The first kappa shape index (κ1) is 10.6. The largest absolute Gasteiger partial charge is 0.379 e. The van der Waals surface area contributed by atoms with E-state index in [0.717, 1.165) is 0 Å². The Morgan fingerprint density at radius 2 is 2.21 bits per heavy atom. The van der Waals surface area contributed by atoms with Gasteiger partial charge in [-0.2, -0.15) is 0 Å². The van der Waals surface area contributed by atoms with Gasteiger partial charge in [0.2, 0.25) is 5.54 Å². The second kappa shape index (κ2) is 3.71. The molecule has 1 aromatic heterocycles. The third-order valence-electron chi connectivity index (χ3n) is 2.11. The lowest BCUT2D eigenvalue weighted by Crippen LogP contribution is -2.38. The molecule has 0 amide bonds. The van der Waals surface area contributed by atoms with Gasteiger partial charge in [-0.25, -0.2) is 0 Å². The van der Waals surface area contributed by atoms with Crippen LogP contribution in [0.3, 0.4) is 0 Å². The summed E-state index contributed by atoms with van der Waals surface area (Å²) in [5.74, 6) is 0. The molecule has 1 aromatic rings. The van der Waals surface area contributed by atoms with Crippen LogP contribution in [0.4, 0.5) is 0 Å². The van der Waals surface area contributed by atoms with E-state index >= 15 is 0 Å². The maximum Gasteiger partial charge on any atom is 0.247 e. The normalized spacial score (nSPS) is 13.6. The number of nitro groups is 1. The first-order valence-corrected chi connectivity index (χ1v) is 4.19. The molecule has 0 saturated heterocycles. The average Bonchev–Trinajstić information content (AvgIpc) is 2.17. The molecule has 0 spiro atoms. The fourth-order valence-corrected chi connectivity index (χ4v) is 0.999. The van der Waals surface area contributed by atoms with Crippen molar-refractivity contribution in [3.8, 4) is 0 Å². The molecule has 0 saturated carbocycles. The van der Waals surface area contributed by atoms with Gasteiger partial charge in [-0.05, 0) is 12.1 Å². The van der Waals surface area contributed by atoms with Crippen molar-refractivity contribution in [2.45, 2.75) is 25.5 Å². The average molecular weight is 196 g/mol. The minimum Gasteiger partial charge on any atom is -0.379 e. The zero-order valence-corrected chi connectivity index (χ0v) is 8.04. The molecule has 0 aliphatic heterocycles. The summed E-state index contributed by atoms with van der Waals surface area (Å²) >= 11 is 0. The number of aromatic nitrogens is 1. The highest BCUT2D eigenvalue weighted by Gasteiger charge is 2.41. The van der Waals surface area contributed by atoms with Crippen LogP contribution in [0.2, 0.25) is 0 Å². The minimum absolute atomic E-state index is 0.314. The predicted octanol–water partition coefficient (Wildman–Crippen LogP) is 1.17. The third-order valence-corrected chi connectivity index (χ3v) is 2.11. The molecule has 1 heterocycles. The van der Waals surface area contributed by atoms with Crippen molar-refractivity contribution in [2.75, 3.05) is 0 Å². The Kier molecular flexibility index (Phi) is 2.81. The van der Waals surface area contributed by atoms with Gasteiger partial charge in [0.25, 0.3) is 0 Å². The highest BCUT2D eigenvalue weighted by atomic mass is 16.6. The van der Waals surface area contributed by atoms with Crippen molar-refractivity contribution in [1.29, 1.82) is 0 Å². The molecule has 0 aliphatic carbocycles. The zero-order valence-electron chi connectivity index (χ0n) is 8.04. The monoisotopic (exact) mass is 196 g/mol. The van der Waals surface area contributed by atoms with Gasteiger partial charge in [0, 0.05) is 25.0 Å². The summed E-state index contributed by atoms with van der Waals surface area (Å²) in [5.41, 5.74) is -1.11. The molecule has 1 rings (SSSR count). The Morgan fingerprint density at radius 3 is 2.64 bits per heavy atom. The smallest absolute Gasteiger partial charge is 0.247 e.